The summed E-state index contributed by atoms with van der Waals surface area (Å²) in [5, 5.41) is 4.33. The van der Waals surface area contributed by atoms with Crippen LogP contribution in [-0.4, -0.2) is 9.78 Å². The van der Waals surface area contributed by atoms with Crippen LogP contribution < -0.4 is 5.73 Å². The van der Waals surface area contributed by atoms with E-state index in [1.165, 1.54) is 17.7 Å². The van der Waals surface area contributed by atoms with Crippen molar-refractivity contribution in [3.63, 3.8) is 0 Å². The SMILES string of the molecule is NCc1cnn([C@H]2C[C@H](c3ccc(F)cc3)C2)c1. The highest BCUT2D eigenvalue weighted by Gasteiger charge is 2.31. The summed E-state index contributed by atoms with van der Waals surface area (Å²) in [6.45, 7) is 0.536. The molecule has 0 atom stereocenters. The molecule has 0 unspecified atom stereocenters. The second-order valence-corrected chi connectivity index (χ2v) is 4.91. The highest BCUT2D eigenvalue weighted by Crippen LogP contribution is 2.44. The summed E-state index contributed by atoms with van der Waals surface area (Å²) in [7, 11) is 0. The van der Waals surface area contributed by atoms with Gasteiger partial charge >= 0.3 is 0 Å². The molecule has 4 heteroatoms. The molecular weight excluding hydrogens is 229 g/mol. The summed E-state index contributed by atoms with van der Waals surface area (Å²) >= 11 is 0. The van der Waals surface area contributed by atoms with Crippen molar-refractivity contribution in [1.82, 2.24) is 9.78 Å². The fourth-order valence-electron chi connectivity index (χ4n) is 2.49. The van der Waals surface area contributed by atoms with Crippen molar-refractivity contribution in [3.8, 4) is 0 Å². The van der Waals surface area contributed by atoms with Gasteiger partial charge in [-0.3, -0.25) is 4.68 Å². The van der Waals surface area contributed by atoms with Crippen LogP contribution in [0.1, 0.15) is 35.9 Å². The first-order valence-electron chi connectivity index (χ1n) is 6.25. The van der Waals surface area contributed by atoms with Crippen molar-refractivity contribution < 1.29 is 4.39 Å². The predicted molar refractivity (Wildman–Crippen MR) is 67.5 cm³/mol. The van der Waals surface area contributed by atoms with Crippen molar-refractivity contribution in [2.45, 2.75) is 31.3 Å². The number of halogens is 1. The molecule has 0 bridgehead atoms. The third-order valence-electron chi connectivity index (χ3n) is 3.72. The van der Waals surface area contributed by atoms with E-state index in [1.807, 2.05) is 29.2 Å². The van der Waals surface area contributed by atoms with Gasteiger partial charge in [-0.05, 0) is 36.5 Å². The fraction of sp³-hybridized carbons (Fsp3) is 0.357. The lowest BCUT2D eigenvalue weighted by Gasteiger charge is -2.35. The molecule has 1 fully saturated rings. The third-order valence-corrected chi connectivity index (χ3v) is 3.72. The summed E-state index contributed by atoms with van der Waals surface area (Å²) in [6, 6.07) is 7.28. The molecule has 94 valence electrons. The molecule has 1 heterocycles. The Morgan fingerprint density at radius 3 is 2.61 bits per heavy atom. The first-order valence-corrected chi connectivity index (χ1v) is 6.25. The number of hydrogen-bond donors (Lipinski definition) is 1. The van der Waals surface area contributed by atoms with Gasteiger partial charge in [0.15, 0.2) is 0 Å². The van der Waals surface area contributed by atoms with Gasteiger partial charge in [-0.2, -0.15) is 5.10 Å². The summed E-state index contributed by atoms with van der Waals surface area (Å²) in [4.78, 5) is 0. The Kier molecular flexibility index (Phi) is 2.88. The number of nitrogens with zero attached hydrogens (tertiary/aromatic N) is 2. The summed E-state index contributed by atoms with van der Waals surface area (Å²) in [6.07, 6.45) is 5.98. The van der Waals surface area contributed by atoms with Gasteiger partial charge in [0.05, 0.1) is 12.2 Å². The Bertz CT molecular complexity index is 526. The number of benzene rings is 1. The highest BCUT2D eigenvalue weighted by atomic mass is 19.1. The zero-order valence-electron chi connectivity index (χ0n) is 10.1. The zero-order valence-corrected chi connectivity index (χ0v) is 10.1. The van der Waals surface area contributed by atoms with Crippen molar-refractivity contribution in [3.05, 3.63) is 53.6 Å². The molecule has 0 spiro atoms. The van der Waals surface area contributed by atoms with Crippen LogP contribution in [0.5, 0.6) is 0 Å². The third kappa shape index (κ3) is 2.04. The van der Waals surface area contributed by atoms with Gasteiger partial charge < -0.3 is 5.73 Å². The average molecular weight is 245 g/mol. The van der Waals surface area contributed by atoms with E-state index in [1.54, 1.807) is 0 Å². The van der Waals surface area contributed by atoms with E-state index in [4.69, 9.17) is 5.73 Å². The van der Waals surface area contributed by atoms with Crippen molar-refractivity contribution >= 4 is 0 Å². The lowest BCUT2D eigenvalue weighted by atomic mass is 9.76. The molecule has 1 aliphatic rings. The number of rotatable bonds is 3. The fourth-order valence-corrected chi connectivity index (χ4v) is 2.49. The van der Waals surface area contributed by atoms with E-state index >= 15 is 0 Å². The molecule has 1 aromatic heterocycles. The molecule has 3 rings (SSSR count). The van der Waals surface area contributed by atoms with Gasteiger partial charge in [-0.1, -0.05) is 12.1 Å². The Labute approximate surface area is 105 Å². The number of hydrogen-bond acceptors (Lipinski definition) is 2. The second-order valence-electron chi connectivity index (χ2n) is 4.91. The number of nitrogens with two attached hydrogens (primary N) is 1. The minimum absolute atomic E-state index is 0.172. The zero-order chi connectivity index (χ0) is 12.5. The molecule has 2 aromatic rings. The Balaban J connectivity index is 1.64. The van der Waals surface area contributed by atoms with E-state index < -0.39 is 0 Å². The monoisotopic (exact) mass is 245 g/mol. The van der Waals surface area contributed by atoms with Gasteiger partial charge in [0.25, 0.3) is 0 Å². The van der Waals surface area contributed by atoms with Gasteiger partial charge in [0.2, 0.25) is 0 Å². The molecule has 0 aliphatic heterocycles. The van der Waals surface area contributed by atoms with Crippen LogP contribution in [0.3, 0.4) is 0 Å². The van der Waals surface area contributed by atoms with Crippen LogP contribution in [0, 0.1) is 5.82 Å². The number of aromatic nitrogens is 2. The largest absolute Gasteiger partial charge is 0.326 e. The van der Waals surface area contributed by atoms with Gasteiger partial charge in [0, 0.05) is 18.3 Å². The first-order chi connectivity index (χ1) is 8.76. The summed E-state index contributed by atoms with van der Waals surface area (Å²) < 4.78 is 14.8. The van der Waals surface area contributed by atoms with E-state index in [0.717, 1.165) is 18.4 Å². The molecular formula is C14H16FN3. The summed E-state index contributed by atoms with van der Waals surface area (Å²) in [5.41, 5.74) is 7.86. The van der Waals surface area contributed by atoms with Crippen molar-refractivity contribution in [1.29, 1.82) is 0 Å². The Morgan fingerprint density at radius 1 is 1.28 bits per heavy atom. The molecule has 3 nitrogen and oxygen atoms in total. The predicted octanol–water partition coefficient (Wildman–Crippen LogP) is 2.60. The molecule has 1 aromatic carbocycles. The quantitative estimate of drug-likeness (QED) is 0.903. The lowest BCUT2D eigenvalue weighted by Crippen LogP contribution is -2.25. The maximum Gasteiger partial charge on any atom is 0.123 e. The van der Waals surface area contributed by atoms with E-state index in [9.17, 15) is 4.39 Å². The molecule has 1 aliphatic carbocycles. The first kappa shape index (κ1) is 11.4. The van der Waals surface area contributed by atoms with Gasteiger partial charge in [-0.15, -0.1) is 0 Å². The van der Waals surface area contributed by atoms with Crippen LogP contribution >= 0.6 is 0 Å². The molecule has 18 heavy (non-hydrogen) atoms. The molecule has 0 radical (unpaired) electrons. The average Bonchev–Trinajstić information content (AvgIpc) is 2.78. The second kappa shape index (κ2) is 4.53. The molecule has 1 saturated carbocycles. The van der Waals surface area contributed by atoms with Crippen LogP contribution in [0.2, 0.25) is 0 Å². The van der Waals surface area contributed by atoms with Gasteiger partial charge in [-0.25, -0.2) is 4.39 Å². The van der Waals surface area contributed by atoms with Crippen LogP contribution in [0.15, 0.2) is 36.7 Å². The standard InChI is InChI=1S/C14H16FN3/c15-13-3-1-11(2-4-13)12-5-14(6-12)18-9-10(7-16)8-17-18/h1-4,8-9,12,14H,5-7,16H2/t12-,14-. The van der Waals surface area contributed by atoms with E-state index in [2.05, 4.69) is 5.10 Å². The molecule has 0 saturated heterocycles. The normalized spacial score (nSPS) is 22.8. The summed E-state index contributed by atoms with van der Waals surface area (Å²) in [5.74, 6) is 0.357. The highest BCUT2D eigenvalue weighted by molar-refractivity contribution is 5.23. The minimum Gasteiger partial charge on any atom is -0.326 e. The van der Waals surface area contributed by atoms with Gasteiger partial charge in [0.1, 0.15) is 5.82 Å². The minimum atomic E-state index is -0.172. The lowest BCUT2D eigenvalue weighted by molar-refractivity contribution is 0.245. The van der Waals surface area contributed by atoms with E-state index in [0.29, 0.717) is 18.5 Å². The topological polar surface area (TPSA) is 43.8 Å². The van der Waals surface area contributed by atoms with Crippen LogP contribution in [0.25, 0.3) is 0 Å². The smallest absolute Gasteiger partial charge is 0.123 e. The molecule has 2 N–H and O–H groups in total. The van der Waals surface area contributed by atoms with Crippen LogP contribution in [0.4, 0.5) is 4.39 Å². The van der Waals surface area contributed by atoms with Crippen molar-refractivity contribution in [2.24, 2.45) is 5.73 Å². The Hall–Kier alpha value is -1.68. The molecule has 0 amide bonds. The van der Waals surface area contributed by atoms with E-state index in [-0.39, 0.29) is 5.82 Å². The van der Waals surface area contributed by atoms with Crippen molar-refractivity contribution in [2.75, 3.05) is 0 Å². The Morgan fingerprint density at radius 2 is 2.00 bits per heavy atom. The maximum atomic E-state index is 12.8. The van der Waals surface area contributed by atoms with Crippen LogP contribution in [-0.2, 0) is 6.54 Å². The maximum absolute atomic E-state index is 12.8.